The molecule has 2 rings (SSSR count). The summed E-state index contributed by atoms with van der Waals surface area (Å²) in [5.41, 5.74) is 0. The molecule has 8 nitrogen and oxygen atoms in total. The summed E-state index contributed by atoms with van der Waals surface area (Å²) in [5.74, 6) is 1.07. The van der Waals surface area contributed by atoms with Crippen molar-refractivity contribution in [3.63, 3.8) is 0 Å². The highest BCUT2D eigenvalue weighted by atomic mass is 32.2. The Morgan fingerprint density at radius 3 is 2.72 bits per heavy atom. The molecule has 0 aliphatic rings. The van der Waals surface area contributed by atoms with Crippen LogP contribution in [0.1, 0.15) is 11.6 Å². The van der Waals surface area contributed by atoms with Gasteiger partial charge in [0.05, 0.1) is 12.9 Å². The molecule has 1 N–H and O–H groups in total. The molecule has 0 radical (unpaired) electrons. The molecule has 0 aliphatic heterocycles. The number of sulfonamides is 1. The van der Waals surface area contributed by atoms with Crippen LogP contribution in [-0.4, -0.2) is 44.5 Å². The standard InChI is InChI=1S/C9H14N6O2S/c1-7-11-8(13-12-7)4-15(3)18(16,17)9-5-14(2)6-10-9/h5-6H,4H2,1-3H3,(H,11,12,13). The number of rotatable bonds is 4. The normalized spacial score (nSPS) is 12.2. The van der Waals surface area contributed by atoms with Crippen LogP contribution in [0.2, 0.25) is 0 Å². The zero-order valence-corrected chi connectivity index (χ0v) is 11.1. The monoisotopic (exact) mass is 270 g/mol. The summed E-state index contributed by atoms with van der Waals surface area (Å²) < 4.78 is 27.0. The number of nitrogens with zero attached hydrogens (tertiary/aromatic N) is 5. The number of aryl methyl sites for hydroxylation is 2. The van der Waals surface area contributed by atoms with E-state index >= 15 is 0 Å². The van der Waals surface area contributed by atoms with Gasteiger partial charge in [-0.1, -0.05) is 0 Å². The van der Waals surface area contributed by atoms with Crippen LogP contribution in [-0.2, 0) is 23.6 Å². The summed E-state index contributed by atoms with van der Waals surface area (Å²) in [6.07, 6.45) is 2.90. The lowest BCUT2D eigenvalue weighted by Crippen LogP contribution is -2.27. The highest BCUT2D eigenvalue weighted by Crippen LogP contribution is 2.12. The average molecular weight is 270 g/mol. The SMILES string of the molecule is Cc1nc(CN(C)S(=O)(=O)c2cn(C)cn2)n[nH]1. The van der Waals surface area contributed by atoms with Crippen LogP contribution < -0.4 is 0 Å². The van der Waals surface area contributed by atoms with Gasteiger partial charge in [-0.15, -0.1) is 0 Å². The Morgan fingerprint density at radius 1 is 1.50 bits per heavy atom. The van der Waals surface area contributed by atoms with Crippen LogP contribution in [0.5, 0.6) is 0 Å². The Bertz CT molecular complexity index is 644. The summed E-state index contributed by atoms with van der Waals surface area (Å²) in [6.45, 7) is 1.85. The van der Waals surface area contributed by atoms with Gasteiger partial charge in [0.15, 0.2) is 10.9 Å². The van der Waals surface area contributed by atoms with E-state index in [1.807, 2.05) is 0 Å². The Hall–Kier alpha value is -1.74. The van der Waals surface area contributed by atoms with Gasteiger partial charge in [0.1, 0.15) is 5.82 Å². The highest BCUT2D eigenvalue weighted by molar-refractivity contribution is 7.89. The van der Waals surface area contributed by atoms with Gasteiger partial charge in [0, 0.05) is 20.3 Å². The van der Waals surface area contributed by atoms with Crippen molar-refractivity contribution < 1.29 is 8.42 Å². The third kappa shape index (κ3) is 2.41. The fraction of sp³-hybridized carbons (Fsp3) is 0.444. The molecule has 0 saturated heterocycles. The predicted molar refractivity (Wildman–Crippen MR) is 63.0 cm³/mol. The van der Waals surface area contributed by atoms with Crippen molar-refractivity contribution in [3.8, 4) is 0 Å². The first kappa shape index (κ1) is 12.7. The first-order valence-electron chi connectivity index (χ1n) is 5.22. The second-order valence-corrected chi connectivity index (χ2v) is 5.97. The van der Waals surface area contributed by atoms with Crippen LogP contribution in [0, 0.1) is 6.92 Å². The zero-order chi connectivity index (χ0) is 13.3. The van der Waals surface area contributed by atoms with Crippen molar-refractivity contribution in [2.75, 3.05) is 7.05 Å². The lowest BCUT2D eigenvalue weighted by Gasteiger charge is -2.13. The largest absolute Gasteiger partial charge is 0.339 e. The van der Waals surface area contributed by atoms with Gasteiger partial charge in [-0.05, 0) is 6.92 Å². The van der Waals surface area contributed by atoms with E-state index in [1.165, 1.54) is 19.6 Å². The Balaban J connectivity index is 2.20. The van der Waals surface area contributed by atoms with E-state index < -0.39 is 10.0 Å². The molecule has 2 aromatic heterocycles. The van der Waals surface area contributed by atoms with Gasteiger partial charge in [-0.3, -0.25) is 5.10 Å². The summed E-state index contributed by atoms with van der Waals surface area (Å²) in [4.78, 5) is 7.90. The molecule has 9 heteroatoms. The lowest BCUT2D eigenvalue weighted by atomic mass is 10.6. The Kier molecular flexibility index (Phi) is 3.18. The van der Waals surface area contributed by atoms with Gasteiger partial charge in [-0.25, -0.2) is 18.4 Å². The molecule has 2 heterocycles. The molecule has 0 fully saturated rings. The Labute approximate surface area is 105 Å². The molecule has 0 unspecified atom stereocenters. The molecule has 0 bridgehead atoms. The van der Waals surface area contributed by atoms with Crippen molar-refractivity contribution in [2.45, 2.75) is 18.5 Å². The van der Waals surface area contributed by atoms with Crippen molar-refractivity contribution in [2.24, 2.45) is 7.05 Å². The van der Waals surface area contributed by atoms with Crippen LogP contribution in [0.25, 0.3) is 0 Å². The van der Waals surface area contributed by atoms with Crippen molar-refractivity contribution in [1.82, 2.24) is 29.0 Å². The van der Waals surface area contributed by atoms with E-state index in [9.17, 15) is 8.42 Å². The fourth-order valence-corrected chi connectivity index (χ4v) is 2.51. The minimum atomic E-state index is -3.60. The van der Waals surface area contributed by atoms with Crippen LogP contribution in [0.4, 0.5) is 0 Å². The summed E-state index contributed by atoms with van der Waals surface area (Å²) in [6, 6.07) is 0. The molecule has 0 saturated carbocycles. The number of hydrogen-bond acceptors (Lipinski definition) is 5. The van der Waals surface area contributed by atoms with Crippen molar-refractivity contribution >= 4 is 10.0 Å². The molecule has 0 amide bonds. The molecule has 18 heavy (non-hydrogen) atoms. The zero-order valence-electron chi connectivity index (χ0n) is 10.3. The number of imidazole rings is 1. The maximum absolute atomic E-state index is 12.1. The van der Waals surface area contributed by atoms with Gasteiger partial charge >= 0.3 is 0 Å². The highest BCUT2D eigenvalue weighted by Gasteiger charge is 2.24. The molecule has 0 spiro atoms. The number of nitrogens with one attached hydrogen (secondary N) is 1. The van der Waals surface area contributed by atoms with Gasteiger partial charge < -0.3 is 4.57 Å². The number of H-pyrrole nitrogens is 1. The summed E-state index contributed by atoms with van der Waals surface area (Å²) in [5, 5.41) is 6.58. The maximum atomic E-state index is 12.1. The molecule has 0 atom stereocenters. The topological polar surface area (TPSA) is 96.8 Å². The maximum Gasteiger partial charge on any atom is 0.262 e. The second kappa shape index (κ2) is 4.50. The minimum Gasteiger partial charge on any atom is -0.339 e. The second-order valence-electron chi connectivity index (χ2n) is 3.98. The summed E-state index contributed by atoms with van der Waals surface area (Å²) in [7, 11) is -0.419. The number of hydrogen-bond donors (Lipinski definition) is 1. The first-order chi connectivity index (χ1) is 8.39. The molecule has 0 aliphatic carbocycles. The van der Waals surface area contributed by atoms with Crippen LogP contribution in [0.3, 0.4) is 0 Å². The summed E-state index contributed by atoms with van der Waals surface area (Å²) >= 11 is 0. The van der Waals surface area contributed by atoms with E-state index in [4.69, 9.17) is 0 Å². The molecule has 0 aromatic carbocycles. The van der Waals surface area contributed by atoms with Crippen molar-refractivity contribution in [3.05, 3.63) is 24.2 Å². The third-order valence-corrected chi connectivity index (χ3v) is 4.05. The van der Waals surface area contributed by atoms with E-state index in [2.05, 4.69) is 20.2 Å². The quantitative estimate of drug-likeness (QED) is 0.820. The van der Waals surface area contributed by atoms with E-state index in [-0.39, 0.29) is 11.6 Å². The smallest absolute Gasteiger partial charge is 0.262 e. The lowest BCUT2D eigenvalue weighted by molar-refractivity contribution is 0.455. The first-order valence-corrected chi connectivity index (χ1v) is 6.66. The van der Waals surface area contributed by atoms with Gasteiger partial charge in [-0.2, -0.15) is 9.40 Å². The van der Waals surface area contributed by atoms with Gasteiger partial charge in [0.2, 0.25) is 0 Å². The van der Waals surface area contributed by atoms with Gasteiger partial charge in [0.25, 0.3) is 10.0 Å². The number of aromatic amines is 1. The third-order valence-electron chi connectivity index (χ3n) is 2.36. The minimum absolute atomic E-state index is 0.0137. The van der Waals surface area contributed by atoms with Crippen LogP contribution >= 0.6 is 0 Å². The van der Waals surface area contributed by atoms with E-state index in [0.29, 0.717) is 11.6 Å². The number of aromatic nitrogens is 5. The average Bonchev–Trinajstić information content (AvgIpc) is 2.88. The molecular weight excluding hydrogens is 256 g/mol. The van der Waals surface area contributed by atoms with Crippen molar-refractivity contribution in [1.29, 1.82) is 0 Å². The molecule has 98 valence electrons. The predicted octanol–water partition coefficient (Wildman–Crippen LogP) is -0.333. The Morgan fingerprint density at radius 2 is 2.22 bits per heavy atom. The van der Waals surface area contributed by atoms with E-state index in [1.54, 1.807) is 18.5 Å². The fourth-order valence-electron chi connectivity index (χ4n) is 1.43. The van der Waals surface area contributed by atoms with Crippen LogP contribution in [0.15, 0.2) is 17.6 Å². The molecular formula is C9H14N6O2S. The van der Waals surface area contributed by atoms with E-state index in [0.717, 1.165) is 4.31 Å². The molecule has 2 aromatic rings.